The number of aromatic hydroxyl groups is 1. The summed E-state index contributed by atoms with van der Waals surface area (Å²) in [5, 5.41) is 12.2. The molecule has 2 aromatic carbocycles. The van der Waals surface area contributed by atoms with Crippen molar-refractivity contribution in [2.24, 2.45) is 0 Å². The van der Waals surface area contributed by atoms with Gasteiger partial charge in [-0.05, 0) is 68.6 Å². The van der Waals surface area contributed by atoms with Gasteiger partial charge in [-0.2, -0.15) is 0 Å². The topological polar surface area (TPSA) is 75.6 Å². The molecule has 2 rings (SSSR count). The average molecular weight is 443 g/mol. The molecule has 0 aliphatic carbocycles. The smallest absolute Gasteiger partial charge is 0.342 e. The summed E-state index contributed by atoms with van der Waals surface area (Å²) in [6.07, 6.45) is 0. The standard InChI is InChI=1S/C16H13Br2NO4/c1-9-6-11(17)15(12(18)7-9)19-14(21)8-23-16(22)10-4-2-3-5-13(10)20/h2-7,20H,8H2,1H3,(H,19,21). The van der Waals surface area contributed by atoms with Crippen LogP contribution in [0.1, 0.15) is 15.9 Å². The lowest BCUT2D eigenvalue weighted by molar-refractivity contribution is -0.119. The van der Waals surface area contributed by atoms with Gasteiger partial charge in [0.1, 0.15) is 11.3 Å². The lowest BCUT2D eigenvalue weighted by Crippen LogP contribution is -2.21. The SMILES string of the molecule is Cc1cc(Br)c(NC(=O)COC(=O)c2ccccc2O)c(Br)c1. The summed E-state index contributed by atoms with van der Waals surface area (Å²) < 4.78 is 6.33. The lowest BCUT2D eigenvalue weighted by atomic mass is 10.2. The van der Waals surface area contributed by atoms with Gasteiger partial charge in [-0.1, -0.05) is 12.1 Å². The number of aryl methyl sites for hydroxylation is 1. The largest absolute Gasteiger partial charge is 0.507 e. The normalized spacial score (nSPS) is 10.2. The third kappa shape index (κ3) is 4.56. The number of carbonyl (C=O) groups is 2. The third-order valence-corrected chi connectivity index (χ3v) is 4.16. The molecule has 0 aromatic heterocycles. The van der Waals surface area contributed by atoms with Crippen LogP contribution < -0.4 is 5.32 Å². The first kappa shape index (κ1) is 17.5. The summed E-state index contributed by atoms with van der Waals surface area (Å²) in [7, 11) is 0. The first-order chi connectivity index (χ1) is 10.9. The van der Waals surface area contributed by atoms with Crippen molar-refractivity contribution in [3.8, 4) is 5.75 Å². The highest BCUT2D eigenvalue weighted by Crippen LogP contribution is 2.32. The van der Waals surface area contributed by atoms with Gasteiger partial charge in [-0.15, -0.1) is 0 Å². The fourth-order valence-corrected chi connectivity index (χ4v) is 3.46. The number of phenols is 1. The van der Waals surface area contributed by atoms with Crippen LogP contribution in [0.15, 0.2) is 45.3 Å². The van der Waals surface area contributed by atoms with Crippen LogP contribution in [0.5, 0.6) is 5.75 Å². The van der Waals surface area contributed by atoms with Gasteiger partial charge in [-0.25, -0.2) is 4.79 Å². The number of rotatable bonds is 4. The van der Waals surface area contributed by atoms with E-state index in [0.29, 0.717) is 14.6 Å². The Hall–Kier alpha value is -1.86. The molecule has 5 nitrogen and oxygen atoms in total. The van der Waals surface area contributed by atoms with E-state index in [1.54, 1.807) is 12.1 Å². The molecule has 0 saturated heterocycles. The van der Waals surface area contributed by atoms with Crippen molar-refractivity contribution in [1.29, 1.82) is 0 Å². The number of nitrogens with one attached hydrogen (secondary N) is 1. The molecule has 0 bridgehead atoms. The molecule has 0 spiro atoms. The highest BCUT2D eigenvalue weighted by Gasteiger charge is 2.15. The minimum Gasteiger partial charge on any atom is -0.507 e. The number of ether oxygens (including phenoxy) is 1. The summed E-state index contributed by atoms with van der Waals surface area (Å²) in [4.78, 5) is 23.8. The number of phenolic OH excluding ortho intramolecular Hbond substituents is 1. The Balaban J connectivity index is 1.99. The fraction of sp³-hybridized carbons (Fsp3) is 0.125. The van der Waals surface area contributed by atoms with Crippen LogP contribution in [0.3, 0.4) is 0 Å². The summed E-state index contributed by atoms with van der Waals surface area (Å²) >= 11 is 6.73. The van der Waals surface area contributed by atoms with Crippen molar-refractivity contribution in [2.45, 2.75) is 6.92 Å². The van der Waals surface area contributed by atoms with E-state index >= 15 is 0 Å². The van der Waals surface area contributed by atoms with Crippen molar-refractivity contribution in [1.82, 2.24) is 0 Å². The first-order valence-electron chi connectivity index (χ1n) is 6.59. The molecule has 7 heteroatoms. The Kier molecular flexibility index (Phi) is 5.79. The van der Waals surface area contributed by atoms with Crippen LogP contribution in [0, 0.1) is 6.92 Å². The zero-order valence-corrected chi connectivity index (χ0v) is 15.3. The van der Waals surface area contributed by atoms with Gasteiger partial charge < -0.3 is 15.2 Å². The van der Waals surface area contributed by atoms with Crippen molar-refractivity contribution < 1.29 is 19.4 Å². The van der Waals surface area contributed by atoms with Crippen LogP contribution in [-0.2, 0) is 9.53 Å². The first-order valence-corrected chi connectivity index (χ1v) is 8.17. The molecule has 0 aliphatic rings. The maximum absolute atomic E-state index is 11.9. The quantitative estimate of drug-likeness (QED) is 0.701. The molecule has 2 N–H and O–H groups in total. The number of benzene rings is 2. The second-order valence-corrected chi connectivity index (χ2v) is 6.45. The minimum atomic E-state index is -0.764. The van der Waals surface area contributed by atoms with Gasteiger partial charge in [0.25, 0.3) is 5.91 Å². The third-order valence-electron chi connectivity index (χ3n) is 2.91. The van der Waals surface area contributed by atoms with Crippen LogP contribution >= 0.6 is 31.9 Å². The Labute approximate surface area is 149 Å². The van der Waals surface area contributed by atoms with Crippen LogP contribution in [0.4, 0.5) is 5.69 Å². The van der Waals surface area contributed by atoms with E-state index in [4.69, 9.17) is 4.74 Å². The number of anilines is 1. The lowest BCUT2D eigenvalue weighted by Gasteiger charge is -2.11. The molecule has 1 amide bonds. The number of amides is 1. The summed E-state index contributed by atoms with van der Waals surface area (Å²) in [5.74, 6) is -1.44. The Bertz CT molecular complexity index is 738. The number of carbonyl (C=O) groups excluding carboxylic acids is 2. The molecule has 0 radical (unpaired) electrons. The highest BCUT2D eigenvalue weighted by molar-refractivity contribution is 9.11. The molecule has 0 unspecified atom stereocenters. The number of esters is 1. The number of hydrogen-bond donors (Lipinski definition) is 2. The van der Waals surface area contributed by atoms with Crippen molar-refractivity contribution in [2.75, 3.05) is 11.9 Å². The highest BCUT2D eigenvalue weighted by atomic mass is 79.9. The van der Waals surface area contributed by atoms with Crippen molar-refractivity contribution >= 4 is 49.4 Å². The van der Waals surface area contributed by atoms with Crippen molar-refractivity contribution in [3.63, 3.8) is 0 Å². The van der Waals surface area contributed by atoms with Crippen LogP contribution in [0.25, 0.3) is 0 Å². The maximum Gasteiger partial charge on any atom is 0.342 e. The van der Waals surface area contributed by atoms with Gasteiger partial charge in [-0.3, -0.25) is 4.79 Å². The minimum absolute atomic E-state index is 0.0120. The molecular weight excluding hydrogens is 430 g/mol. The second-order valence-electron chi connectivity index (χ2n) is 4.75. The zero-order chi connectivity index (χ0) is 17.0. The number of halogens is 2. The van der Waals surface area contributed by atoms with Gasteiger partial charge >= 0.3 is 5.97 Å². The molecule has 0 aliphatic heterocycles. The number of hydrogen-bond acceptors (Lipinski definition) is 4. The predicted octanol–water partition coefficient (Wildman–Crippen LogP) is 4.02. The van der Waals surface area contributed by atoms with E-state index < -0.39 is 18.5 Å². The maximum atomic E-state index is 11.9. The molecule has 0 fully saturated rings. The second kappa shape index (κ2) is 7.61. The van der Waals surface area contributed by atoms with E-state index in [1.165, 1.54) is 12.1 Å². The zero-order valence-electron chi connectivity index (χ0n) is 12.1. The summed E-state index contributed by atoms with van der Waals surface area (Å²) in [6, 6.07) is 9.69. The van der Waals surface area contributed by atoms with E-state index in [0.717, 1.165) is 5.56 Å². The van der Waals surface area contributed by atoms with E-state index in [-0.39, 0.29) is 11.3 Å². The Morgan fingerprint density at radius 2 is 1.78 bits per heavy atom. The fourth-order valence-electron chi connectivity index (χ4n) is 1.85. The monoisotopic (exact) mass is 441 g/mol. The number of para-hydroxylation sites is 1. The average Bonchev–Trinajstić information content (AvgIpc) is 2.49. The van der Waals surface area contributed by atoms with Gasteiger partial charge in [0.05, 0.1) is 5.69 Å². The van der Waals surface area contributed by atoms with E-state index in [2.05, 4.69) is 37.2 Å². The summed E-state index contributed by atoms with van der Waals surface area (Å²) in [6.45, 7) is 1.47. The molecule has 23 heavy (non-hydrogen) atoms. The molecule has 2 aromatic rings. The molecule has 0 saturated carbocycles. The molecular formula is C16H13Br2NO4. The van der Waals surface area contributed by atoms with Gasteiger partial charge in [0.15, 0.2) is 6.61 Å². The predicted molar refractivity (Wildman–Crippen MR) is 93.6 cm³/mol. The molecule has 0 heterocycles. The molecule has 120 valence electrons. The van der Waals surface area contributed by atoms with Gasteiger partial charge in [0.2, 0.25) is 0 Å². The Morgan fingerprint density at radius 1 is 1.17 bits per heavy atom. The Morgan fingerprint density at radius 3 is 2.39 bits per heavy atom. The van der Waals surface area contributed by atoms with E-state index in [9.17, 15) is 14.7 Å². The van der Waals surface area contributed by atoms with Crippen LogP contribution in [-0.4, -0.2) is 23.6 Å². The van der Waals surface area contributed by atoms with Crippen LogP contribution in [0.2, 0.25) is 0 Å². The van der Waals surface area contributed by atoms with Crippen molar-refractivity contribution in [3.05, 3.63) is 56.5 Å². The van der Waals surface area contributed by atoms with E-state index in [1.807, 2.05) is 19.1 Å². The summed E-state index contributed by atoms with van der Waals surface area (Å²) in [5.41, 5.74) is 1.59. The van der Waals surface area contributed by atoms with Gasteiger partial charge in [0, 0.05) is 8.95 Å². The molecule has 0 atom stereocenters.